The van der Waals surface area contributed by atoms with Gasteiger partial charge in [0.15, 0.2) is 0 Å². The summed E-state index contributed by atoms with van der Waals surface area (Å²) >= 11 is 1.65. The molecule has 0 spiro atoms. The Balaban J connectivity index is 1.70. The Kier molecular flexibility index (Phi) is 6.36. The van der Waals surface area contributed by atoms with E-state index >= 15 is 0 Å². The average Bonchev–Trinajstić information content (AvgIpc) is 2.95. The van der Waals surface area contributed by atoms with Crippen molar-refractivity contribution in [2.24, 2.45) is 0 Å². The van der Waals surface area contributed by atoms with Crippen LogP contribution < -0.4 is 5.32 Å². The zero-order chi connectivity index (χ0) is 17.5. The van der Waals surface area contributed by atoms with Crippen molar-refractivity contribution >= 4 is 23.6 Å². The molecule has 2 rings (SSSR count). The number of carboxylic acids is 1. The Labute approximate surface area is 144 Å². The van der Waals surface area contributed by atoms with Crippen LogP contribution in [0.25, 0.3) is 0 Å². The molecule has 0 saturated heterocycles. The van der Waals surface area contributed by atoms with E-state index in [2.05, 4.69) is 47.7 Å². The number of amides is 1. The minimum atomic E-state index is -0.987. The molecule has 0 aliphatic carbocycles. The number of hydrogen-bond acceptors (Lipinski definition) is 5. The highest BCUT2D eigenvalue weighted by atomic mass is 32.2. The van der Waals surface area contributed by atoms with E-state index in [9.17, 15) is 9.59 Å². The van der Waals surface area contributed by atoms with Crippen LogP contribution in [0.1, 0.15) is 23.2 Å². The van der Waals surface area contributed by atoms with Crippen molar-refractivity contribution in [3.8, 4) is 0 Å². The van der Waals surface area contributed by atoms with E-state index in [0.717, 1.165) is 4.90 Å². The summed E-state index contributed by atoms with van der Waals surface area (Å²) in [7, 11) is 0. The van der Waals surface area contributed by atoms with Crippen molar-refractivity contribution < 1.29 is 14.7 Å². The number of carboxylic acid groups (broad SMARTS) is 1. The Bertz CT molecular complexity index is 730. The molecule has 1 amide bonds. The summed E-state index contributed by atoms with van der Waals surface area (Å²) in [6.45, 7) is 4.15. The lowest BCUT2D eigenvalue weighted by atomic mass is 10.1. The third kappa shape index (κ3) is 5.69. The summed E-state index contributed by atoms with van der Waals surface area (Å²) in [6.07, 6.45) is 1.92. The number of carbonyl (C=O) groups is 2. The van der Waals surface area contributed by atoms with Crippen molar-refractivity contribution in [1.29, 1.82) is 0 Å². The molecular weight excluding hydrogens is 328 g/mol. The SMILES string of the molecule is Cc1ccc(SCCC(=O)NCc2cn(CC(=O)O)nn2)cc1C. The van der Waals surface area contributed by atoms with Crippen LogP contribution in [-0.4, -0.2) is 37.7 Å². The lowest BCUT2D eigenvalue weighted by Gasteiger charge is -2.05. The summed E-state index contributed by atoms with van der Waals surface area (Å²) in [6, 6.07) is 6.27. The molecule has 128 valence electrons. The summed E-state index contributed by atoms with van der Waals surface area (Å²) in [5, 5.41) is 18.9. The van der Waals surface area contributed by atoms with Gasteiger partial charge in [0, 0.05) is 17.1 Å². The third-order valence-corrected chi connectivity index (χ3v) is 4.42. The fourth-order valence-corrected chi connectivity index (χ4v) is 2.93. The van der Waals surface area contributed by atoms with Crippen molar-refractivity contribution in [3.05, 3.63) is 41.2 Å². The molecule has 0 atom stereocenters. The maximum atomic E-state index is 11.8. The summed E-state index contributed by atoms with van der Waals surface area (Å²) < 4.78 is 1.22. The van der Waals surface area contributed by atoms with E-state index in [0.29, 0.717) is 17.9 Å². The quantitative estimate of drug-likeness (QED) is 0.706. The van der Waals surface area contributed by atoms with Gasteiger partial charge in [-0.25, -0.2) is 4.68 Å². The molecule has 1 aromatic heterocycles. The first kappa shape index (κ1) is 18.0. The highest BCUT2D eigenvalue weighted by Crippen LogP contribution is 2.21. The molecule has 0 fully saturated rings. The van der Waals surface area contributed by atoms with Crippen LogP contribution >= 0.6 is 11.8 Å². The van der Waals surface area contributed by atoms with Gasteiger partial charge in [-0.1, -0.05) is 11.3 Å². The molecule has 2 aromatic rings. The van der Waals surface area contributed by atoms with Crippen LogP contribution in [0, 0.1) is 13.8 Å². The van der Waals surface area contributed by atoms with Gasteiger partial charge in [0.05, 0.1) is 12.7 Å². The molecule has 0 aliphatic heterocycles. The van der Waals surface area contributed by atoms with Crippen LogP contribution in [0.4, 0.5) is 0 Å². The van der Waals surface area contributed by atoms with Crippen LogP contribution in [-0.2, 0) is 22.7 Å². The topological polar surface area (TPSA) is 97.1 Å². The van der Waals surface area contributed by atoms with Gasteiger partial charge in [-0.2, -0.15) is 0 Å². The molecule has 0 saturated carbocycles. The number of aliphatic carboxylic acids is 1. The van der Waals surface area contributed by atoms with Crippen LogP contribution in [0.5, 0.6) is 0 Å². The van der Waals surface area contributed by atoms with Crippen molar-refractivity contribution in [1.82, 2.24) is 20.3 Å². The van der Waals surface area contributed by atoms with Crippen molar-refractivity contribution in [2.75, 3.05) is 5.75 Å². The fourth-order valence-electron chi connectivity index (χ4n) is 1.98. The second-order valence-electron chi connectivity index (χ2n) is 5.42. The van der Waals surface area contributed by atoms with Gasteiger partial charge in [-0.3, -0.25) is 9.59 Å². The van der Waals surface area contributed by atoms with Crippen LogP contribution in [0.3, 0.4) is 0 Å². The smallest absolute Gasteiger partial charge is 0.325 e. The van der Waals surface area contributed by atoms with Gasteiger partial charge < -0.3 is 10.4 Å². The largest absolute Gasteiger partial charge is 0.480 e. The first-order valence-electron chi connectivity index (χ1n) is 7.51. The van der Waals surface area contributed by atoms with E-state index in [-0.39, 0.29) is 19.0 Å². The molecule has 1 aromatic carbocycles. The molecule has 8 heteroatoms. The number of nitrogens with one attached hydrogen (secondary N) is 1. The predicted molar refractivity (Wildman–Crippen MR) is 90.8 cm³/mol. The van der Waals surface area contributed by atoms with Crippen molar-refractivity contribution in [2.45, 2.75) is 38.3 Å². The first-order chi connectivity index (χ1) is 11.4. The third-order valence-electron chi connectivity index (χ3n) is 3.43. The summed E-state index contributed by atoms with van der Waals surface area (Å²) in [5.74, 6) is -0.363. The van der Waals surface area contributed by atoms with E-state index in [1.165, 1.54) is 22.0 Å². The molecule has 24 heavy (non-hydrogen) atoms. The first-order valence-corrected chi connectivity index (χ1v) is 8.50. The Morgan fingerprint density at radius 1 is 1.29 bits per heavy atom. The average molecular weight is 348 g/mol. The molecule has 0 radical (unpaired) electrons. The fraction of sp³-hybridized carbons (Fsp3) is 0.375. The van der Waals surface area contributed by atoms with E-state index < -0.39 is 5.97 Å². The number of aromatic nitrogens is 3. The Morgan fingerprint density at radius 3 is 2.79 bits per heavy atom. The second-order valence-corrected chi connectivity index (χ2v) is 6.59. The van der Waals surface area contributed by atoms with Crippen molar-refractivity contribution in [3.63, 3.8) is 0 Å². The number of carbonyl (C=O) groups excluding carboxylic acids is 1. The maximum Gasteiger partial charge on any atom is 0.325 e. The molecule has 1 heterocycles. The molecule has 0 bridgehead atoms. The van der Waals surface area contributed by atoms with Gasteiger partial charge >= 0.3 is 5.97 Å². The number of thioether (sulfide) groups is 1. The molecule has 2 N–H and O–H groups in total. The highest BCUT2D eigenvalue weighted by Gasteiger charge is 2.07. The number of hydrogen-bond donors (Lipinski definition) is 2. The number of nitrogens with zero attached hydrogens (tertiary/aromatic N) is 3. The molecule has 0 aliphatic rings. The number of benzene rings is 1. The van der Waals surface area contributed by atoms with Gasteiger partial charge in [0.25, 0.3) is 0 Å². The molecular formula is C16H20N4O3S. The zero-order valence-corrected chi connectivity index (χ0v) is 14.5. The second kappa shape index (κ2) is 8.49. The van der Waals surface area contributed by atoms with E-state index in [1.807, 2.05) is 0 Å². The van der Waals surface area contributed by atoms with E-state index in [4.69, 9.17) is 5.11 Å². The minimum Gasteiger partial charge on any atom is -0.480 e. The lowest BCUT2D eigenvalue weighted by Crippen LogP contribution is -2.23. The highest BCUT2D eigenvalue weighted by molar-refractivity contribution is 7.99. The van der Waals surface area contributed by atoms with Gasteiger partial charge in [0.2, 0.25) is 5.91 Å². The molecule has 0 unspecified atom stereocenters. The van der Waals surface area contributed by atoms with E-state index in [1.54, 1.807) is 11.8 Å². The summed E-state index contributed by atoms with van der Waals surface area (Å²) in [4.78, 5) is 23.6. The number of aryl methyl sites for hydroxylation is 2. The zero-order valence-electron chi connectivity index (χ0n) is 13.7. The number of rotatable bonds is 8. The van der Waals surface area contributed by atoms with Crippen LogP contribution in [0.2, 0.25) is 0 Å². The van der Waals surface area contributed by atoms with Gasteiger partial charge in [-0.05, 0) is 37.1 Å². The summed E-state index contributed by atoms with van der Waals surface area (Å²) in [5.41, 5.74) is 3.04. The predicted octanol–water partition coefficient (Wildman–Crippen LogP) is 1.78. The standard InChI is InChI=1S/C16H20N4O3S/c1-11-3-4-14(7-12(11)2)24-6-5-15(21)17-8-13-9-20(19-18-13)10-16(22)23/h3-4,7,9H,5-6,8,10H2,1-2H3,(H,17,21)(H,22,23). The van der Waals surface area contributed by atoms with Gasteiger partial charge in [0.1, 0.15) is 12.2 Å². The maximum absolute atomic E-state index is 11.8. The normalized spacial score (nSPS) is 10.6. The Morgan fingerprint density at radius 2 is 2.08 bits per heavy atom. The lowest BCUT2D eigenvalue weighted by molar-refractivity contribution is -0.138. The Hall–Kier alpha value is -2.35. The monoisotopic (exact) mass is 348 g/mol. The minimum absolute atomic E-state index is 0.0703. The molecule has 7 nitrogen and oxygen atoms in total. The van der Waals surface area contributed by atoms with Gasteiger partial charge in [-0.15, -0.1) is 16.9 Å². The van der Waals surface area contributed by atoms with Crippen LogP contribution in [0.15, 0.2) is 29.3 Å².